The Morgan fingerprint density at radius 3 is 2.55 bits per heavy atom. The van der Waals surface area contributed by atoms with Crippen LogP contribution in [0.25, 0.3) is 11.0 Å². The Labute approximate surface area is 180 Å². The van der Waals surface area contributed by atoms with Crippen molar-refractivity contribution in [3.05, 3.63) is 28.3 Å². The fourth-order valence-corrected chi connectivity index (χ4v) is 5.20. The molecule has 2 aromatic rings. The van der Waals surface area contributed by atoms with Crippen molar-refractivity contribution >= 4 is 16.9 Å². The van der Waals surface area contributed by atoms with E-state index in [2.05, 4.69) is 46.6 Å². The largest absolute Gasteiger partial charge is 0.349 e. The molecule has 1 saturated heterocycles. The Kier molecular flexibility index (Phi) is 5.46. The molecule has 0 bridgehead atoms. The number of halogens is 2. The summed E-state index contributed by atoms with van der Waals surface area (Å²) >= 11 is 0. The minimum atomic E-state index is -2.52. The first-order chi connectivity index (χ1) is 14.6. The van der Waals surface area contributed by atoms with Crippen molar-refractivity contribution in [2.45, 2.75) is 64.1 Å². The van der Waals surface area contributed by atoms with Gasteiger partial charge in [0.2, 0.25) is 5.92 Å². The summed E-state index contributed by atoms with van der Waals surface area (Å²) in [5, 5.41) is 9.28. The molecule has 7 nitrogen and oxygen atoms in total. The van der Waals surface area contributed by atoms with Gasteiger partial charge in [0.15, 0.2) is 5.82 Å². The fraction of sp³-hybridized carbons (Fsp3) is 0.636. The highest BCUT2D eigenvalue weighted by Crippen LogP contribution is 2.46. The first-order valence-corrected chi connectivity index (χ1v) is 10.8. The minimum Gasteiger partial charge on any atom is -0.349 e. The number of anilines is 1. The van der Waals surface area contributed by atoms with Gasteiger partial charge in [-0.15, -0.1) is 0 Å². The molecule has 2 fully saturated rings. The second-order valence-corrected chi connectivity index (χ2v) is 9.00. The summed E-state index contributed by atoms with van der Waals surface area (Å²) < 4.78 is 28.4. The number of alkyl halides is 2. The van der Waals surface area contributed by atoms with Crippen LogP contribution >= 0.6 is 0 Å². The Hall–Kier alpha value is -2.60. The average molecular weight is 431 g/mol. The van der Waals surface area contributed by atoms with Crippen molar-refractivity contribution in [3.8, 4) is 6.07 Å². The lowest BCUT2D eigenvalue weighted by Crippen LogP contribution is -2.62. The van der Waals surface area contributed by atoms with Gasteiger partial charge in [-0.2, -0.15) is 10.2 Å². The lowest BCUT2D eigenvalue weighted by molar-refractivity contribution is -0.136. The molecule has 0 spiro atoms. The molecule has 0 N–H and O–H groups in total. The molecule has 0 aromatic carbocycles. The number of pyridine rings is 1. The zero-order valence-corrected chi connectivity index (χ0v) is 18.3. The van der Waals surface area contributed by atoms with Gasteiger partial charge in [0.25, 0.3) is 0 Å². The van der Waals surface area contributed by atoms with Crippen molar-refractivity contribution in [1.82, 2.24) is 19.4 Å². The summed E-state index contributed by atoms with van der Waals surface area (Å²) in [5.74, 6) is -2.02. The van der Waals surface area contributed by atoms with E-state index in [1.807, 2.05) is 0 Å². The molecule has 0 amide bonds. The lowest BCUT2D eigenvalue weighted by Gasteiger charge is -2.52. The van der Waals surface area contributed by atoms with E-state index < -0.39 is 5.92 Å². The number of hydrogen-bond donors (Lipinski definition) is 0. The Morgan fingerprint density at radius 1 is 1.23 bits per heavy atom. The van der Waals surface area contributed by atoms with Crippen molar-refractivity contribution in [2.24, 2.45) is 13.0 Å². The van der Waals surface area contributed by atoms with Gasteiger partial charge >= 0.3 is 5.69 Å². The van der Waals surface area contributed by atoms with Crippen LogP contribution in [0.2, 0.25) is 0 Å². The Morgan fingerprint density at radius 2 is 1.94 bits per heavy atom. The number of aromatic nitrogens is 3. The number of fused-ring (bicyclic) bond motifs is 1. The summed E-state index contributed by atoms with van der Waals surface area (Å²) in [6.07, 6.45) is 0.765. The third-order valence-corrected chi connectivity index (χ3v) is 6.87. The molecule has 1 unspecified atom stereocenters. The highest BCUT2D eigenvalue weighted by atomic mass is 19.3. The van der Waals surface area contributed by atoms with Crippen LogP contribution in [0.1, 0.15) is 45.7 Å². The summed E-state index contributed by atoms with van der Waals surface area (Å²) in [5.41, 5.74) is 1.05. The quantitative estimate of drug-likeness (QED) is 0.742. The third-order valence-electron chi connectivity index (χ3n) is 6.87. The molecule has 0 radical (unpaired) electrons. The molecule has 166 valence electrons. The maximum absolute atomic E-state index is 13.5. The van der Waals surface area contributed by atoms with E-state index in [0.29, 0.717) is 29.9 Å². The summed E-state index contributed by atoms with van der Waals surface area (Å²) in [6.45, 7) is 7.51. The monoisotopic (exact) mass is 430 g/mol. The summed E-state index contributed by atoms with van der Waals surface area (Å²) in [7, 11) is 1.64. The van der Waals surface area contributed by atoms with Crippen LogP contribution in [-0.2, 0) is 7.05 Å². The zero-order chi connectivity index (χ0) is 22.5. The van der Waals surface area contributed by atoms with Gasteiger partial charge in [-0.3, -0.25) is 9.47 Å². The highest BCUT2D eigenvalue weighted by molar-refractivity contribution is 5.86. The Bertz CT molecular complexity index is 1090. The molecule has 3 atom stereocenters. The number of hydrogen-bond acceptors (Lipinski definition) is 6. The van der Waals surface area contributed by atoms with E-state index in [1.54, 1.807) is 19.2 Å². The van der Waals surface area contributed by atoms with Crippen LogP contribution in [0.15, 0.2) is 16.9 Å². The number of nitrogens with zero attached hydrogens (tertiary/aromatic N) is 6. The van der Waals surface area contributed by atoms with Gasteiger partial charge in [0.05, 0.1) is 5.52 Å². The minimum absolute atomic E-state index is 0.0150. The predicted octanol–water partition coefficient (Wildman–Crippen LogP) is 2.92. The van der Waals surface area contributed by atoms with Gasteiger partial charge in [0.1, 0.15) is 17.3 Å². The molecule has 9 heteroatoms. The second-order valence-electron chi connectivity index (χ2n) is 9.00. The smallest absolute Gasteiger partial charge is 0.349 e. The van der Waals surface area contributed by atoms with Gasteiger partial charge in [-0.25, -0.2) is 18.6 Å². The molecule has 4 rings (SSSR count). The molecule has 1 aliphatic heterocycles. The van der Waals surface area contributed by atoms with Crippen LogP contribution < -0.4 is 10.6 Å². The average Bonchev–Trinajstić information content (AvgIpc) is 2.71. The standard InChI is InChI=1S/C22H28F2N6O/c1-5-17(15-8-22(23,24)9-15)29-11-14(3)30(12-13(29)2)20-19-18(28(4)21(31)27-20)7-6-16(10-25)26-19/h6-7,13-15,17H,5,8-9,11-12H2,1-4H3/t13-,14+,17?/m1/s1. The van der Waals surface area contributed by atoms with E-state index in [9.17, 15) is 18.8 Å². The van der Waals surface area contributed by atoms with Gasteiger partial charge in [0, 0.05) is 51.1 Å². The molecule has 3 heterocycles. The number of piperazine rings is 1. The predicted molar refractivity (Wildman–Crippen MR) is 114 cm³/mol. The maximum Gasteiger partial charge on any atom is 0.349 e. The second kappa shape index (κ2) is 7.83. The topological polar surface area (TPSA) is 78.0 Å². The molecule has 2 aliphatic rings. The van der Waals surface area contributed by atoms with Gasteiger partial charge in [-0.1, -0.05) is 6.92 Å². The van der Waals surface area contributed by atoms with Crippen LogP contribution in [0.4, 0.5) is 14.6 Å². The molecular weight excluding hydrogens is 402 g/mol. The van der Waals surface area contributed by atoms with Gasteiger partial charge < -0.3 is 4.90 Å². The SMILES string of the molecule is CCC(C1CC(F)(F)C1)N1C[C@H](C)N(c2nc(=O)n(C)c3ccc(C#N)nc23)C[C@H]1C. The summed E-state index contributed by atoms with van der Waals surface area (Å²) in [4.78, 5) is 25.7. The van der Waals surface area contributed by atoms with Crippen LogP contribution in [0.3, 0.4) is 0 Å². The number of aryl methyl sites for hydroxylation is 1. The summed E-state index contributed by atoms with van der Waals surface area (Å²) in [6, 6.07) is 5.61. The normalized spacial score (nSPS) is 25.3. The Balaban J connectivity index is 1.66. The van der Waals surface area contributed by atoms with E-state index in [-0.39, 0.29) is 48.3 Å². The zero-order valence-electron chi connectivity index (χ0n) is 18.3. The number of nitriles is 1. The first kappa shape index (κ1) is 21.6. The van der Waals surface area contributed by atoms with E-state index in [4.69, 9.17) is 0 Å². The van der Waals surface area contributed by atoms with Crippen molar-refractivity contribution < 1.29 is 8.78 Å². The third kappa shape index (κ3) is 3.78. The molecule has 2 aromatic heterocycles. The molecular formula is C22H28F2N6O. The fourth-order valence-electron chi connectivity index (χ4n) is 5.20. The van der Waals surface area contributed by atoms with Crippen LogP contribution in [0, 0.1) is 17.2 Å². The van der Waals surface area contributed by atoms with E-state index in [1.165, 1.54) is 4.57 Å². The van der Waals surface area contributed by atoms with E-state index in [0.717, 1.165) is 6.42 Å². The molecule has 1 saturated carbocycles. The molecule has 1 aliphatic carbocycles. The van der Waals surface area contributed by atoms with E-state index >= 15 is 0 Å². The van der Waals surface area contributed by atoms with Crippen LogP contribution in [0.5, 0.6) is 0 Å². The highest BCUT2D eigenvalue weighted by Gasteiger charge is 2.50. The van der Waals surface area contributed by atoms with Crippen molar-refractivity contribution in [2.75, 3.05) is 18.0 Å². The lowest BCUT2D eigenvalue weighted by atomic mass is 9.74. The van der Waals surface area contributed by atoms with Crippen molar-refractivity contribution in [1.29, 1.82) is 5.26 Å². The van der Waals surface area contributed by atoms with Gasteiger partial charge in [-0.05, 0) is 38.3 Å². The molecule has 31 heavy (non-hydrogen) atoms. The van der Waals surface area contributed by atoms with Crippen LogP contribution in [-0.4, -0.2) is 56.6 Å². The van der Waals surface area contributed by atoms with Crippen molar-refractivity contribution in [3.63, 3.8) is 0 Å². The maximum atomic E-state index is 13.5. The first-order valence-electron chi connectivity index (χ1n) is 10.8. The number of rotatable bonds is 4.